The maximum absolute atomic E-state index is 9.77. The van der Waals surface area contributed by atoms with Gasteiger partial charge in [0.2, 0.25) is 5.89 Å². The highest BCUT2D eigenvalue weighted by Crippen LogP contribution is 2.13. The van der Waals surface area contributed by atoms with Crippen molar-refractivity contribution in [3.63, 3.8) is 0 Å². The Balaban J connectivity index is 1.99. The van der Waals surface area contributed by atoms with E-state index in [-0.39, 0.29) is 5.92 Å². The Morgan fingerprint density at radius 1 is 1.26 bits per heavy atom. The third-order valence-corrected chi connectivity index (χ3v) is 3.19. The molecule has 0 aliphatic carbocycles. The predicted molar refractivity (Wildman–Crippen MR) is 73.1 cm³/mol. The second kappa shape index (κ2) is 6.17. The number of aliphatic hydroxyl groups excluding tert-OH is 1. The SMILES string of the molecule is CC(C)C(O)Cc1nc(Cc2ccc(Cl)cc2)no1. The number of halogens is 1. The first-order valence-electron chi connectivity index (χ1n) is 6.28. The van der Waals surface area contributed by atoms with Gasteiger partial charge in [0.05, 0.1) is 12.5 Å². The van der Waals surface area contributed by atoms with Gasteiger partial charge in [-0.2, -0.15) is 4.98 Å². The van der Waals surface area contributed by atoms with Crippen LogP contribution in [0.5, 0.6) is 0 Å². The summed E-state index contributed by atoms with van der Waals surface area (Å²) < 4.78 is 5.13. The molecule has 102 valence electrons. The van der Waals surface area contributed by atoms with E-state index in [1.54, 1.807) is 0 Å². The first kappa shape index (κ1) is 14.0. The van der Waals surface area contributed by atoms with Crippen LogP contribution in [0.1, 0.15) is 31.1 Å². The van der Waals surface area contributed by atoms with Crippen LogP contribution in [0, 0.1) is 5.92 Å². The molecule has 0 spiro atoms. The van der Waals surface area contributed by atoms with Crippen LogP contribution >= 0.6 is 11.6 Å². The number of rotatable bonds is 5. The van der Waals surface area contributed by atoms with Crippen molar-refractivity contribution in [2.24, 2.45) is 5.92 Å². The Morgan fingerprint density at radius 2 is 1.95 bits per heavy atom. The number of nitrogens with zero attached hydrogens (tertiary/aromatic N) is 2. The van der Waals surface area contributed by atoms with Gasteiger partial charge in [0.1, 0.15) is 0 Å². The second-order valence-corrected chi connectivity index (χ2v) is 5.36. The fraction of sp³-hybridized carbons (Fsp3) is 0.429. The molecule has 1 aromatic heterocycles. The largest absolute Gasteiger partial charge is 0.392 e. The lowest BCUT2D eigenvalue weighted by atomic mass is 10.0. The zero-order chi connectivity index (χ0) is 13.8. The van der Waals surface area contributed by atoms with Gasteiger partial charge in [-0.25, -0.2) is 0 Å². The summed E-state index contributed by atoms with van der Waals surface area (Å²) in [7, 11) is 0. The summed E-state index contributed by atoms with van der Waals surface area (Å²) in [5, 5.41) is 14.4. The van der Waals surface area contributed by atoms with E-state index in [1.165, 1.54) is 0 Å². The van der Waals surface area contributed by atoms with E-state index in [2.05, 4.69) is 10.1 Å². The van der Waals surface area contributed by atoms with E-state index in [4.69, 9.17) is 16.1 Å². The number of benzene rings is 1. The van der Waals surface area contributed by atoms with Gasteiger partial charge in [0, 0.05) is 11.4 Å². The van der Waals surface area contributed by atoms with Crippen LogP contribution < -0.4 is 0 Å². The predicted octanol–water partition coefficient (Wildman–Crippen LogP) is 2.87. The third kappa shape index (κ3) is 4.04. The van der Waals surface area contributed by atoms with Gasteiger partial charge in [-0.05, 0) is 23.6 Å². The van der Waals surface area contributed by atoms with Gasteiger partial charge in [0.25, 0.3) is 0 Å². The summed E-state index contributed by atoms with van der Waals surface area (Å²) in [6.45, 7) is 3.91. The number of hydrogen-bond acceptors (Lipinski definition) is 4. The Hall–Kier alpha value is -1.39. The standard InChI is InChI=1S/C14H17ClN2O2/c1-9(2)12(18)8-14-16-13(17-19-14)7-10-3-5-11(15)6-4-10/h3-6,9,12,18H,7-8H2,1-2H3. The Morgan fingerprint density at radius 3 is 2.58 bits per heavy atom. The van der Waals surface area contributed by atoms with Gasteiger partial charge in [-0.15, -0.1) is 0 Å². The van der Waals surface area contributed by atoms with Gasteiger partial charge in [0.15, 0.2) is 5.82 Å². The molecule has 2 aromatic rings. The quantitative estimate of drug-likeness (QED) is 0.915. The molecule has 1 aromatic carbocycles. The van der Waals surface area contributed by atoms with Crippen LogP contribution in [0.15, 0.2) is 28.8 Å². The molecule has 4 nitrogen and oxygen atoms in total. The van der Waals surface area contributed by atoms with Gasteiger partial charge in [-0.3, -0.25) is 0 Å². The summed E-state index contributed by atoms with van der Waals surface area (Å²) in [6.07, 6.45) is 0.535. The van der Waals surface area contributed by atoms with Crippen LogP contribution in [-0.4, -0.2) is 21.4 Å². The van der Waals surface area contributed by atoms with Crippen molar-refractivity contribution in [3.05, 3.63) is 46.6 Å². The van der Waals surface area contributed by atoms with Crippen LogP contribution in [0.25, 0.3) is 0 Å². The Kier molecular flexibility index (Phi) is 4.56. The van der Waals surface area contributed by atoms with Crippen LogP contribution in [0.4, 0.5) is 0 Å². The molecule has 0 fully saturated rings. The maximum Gasteiger partial charge on any atom is 0.229 e. The fourth-order valence-corrected chi connectivity index (χ4v) is 1.77. The summed E-state index contributed by atoms with van der Waals surface area (Å²) in [4.78, 5) is 4.28. The molecule has 0 saturated heterocycles. The van der Waals surface area contributed by atoms with Crippen LogP contribution in [-0.2, 0) is 12.8 Å². The van der Waals surface area contributed by atoms with E-state index >= 15 is 0 Å². The monoisotopic (exact) mass is 280 g/mol. The maximum atomic E-state index is 9.77. The number of hydrogen-bond donors (Lipinski definition) is 1. The van der Waals surface area contributed by atoms with E-state index in [9.17, 15) is 5.11 Å². The molecule has 2 rings (SSSR count). The fourth-order valence-electron chi connectivity index (χ4n) is 1.64. The highest BCUT2D eigenvalue weighted by Gasteiger charge is 2.15. The highest BCUT2D eigenvalue weighted by atomic mass is 35.5. The van der Waals surface area contributed by atoms with Crippen molar-refractivity contribution < 1.29 is 9.63 Å². The summed E-state index contributed by atoms with van der Waals surface area (Å²) >= 11 is 5.83. The topological polar surface area (TPSA) is 59.2 Å². The van der Waals surface area contributed by atoms with E-state index < -0.39 is 6.10 Å². The lowest BCUT2D eigenvalue weighted by Gasteiger charge is -2.10. The molecule has 19 heavy (non-hydrogen) atoms. The van der Waals surface area contributed by atoms with Crippen molar-refractivity contribution in [2.75, 3.05) is 0 Å². The first-order chi connectivity index (χ1) is 9.04. The lowest BCUT2D eigenvalue weighted by molar-refractivity contribution is 0.116. The van der Waals surface area contributed by atoms with E-state index in [0.717, 1.165) is 5.56 Å². The zero-order valence-electron chi connectivity index (χ0n) is 11.0. The zero-order valence-corrected chi connectivity index (χ0v) is 11.8. The summed E-state index contributed by atoms with van der Waals surface area (Å²) in [5.41, 5.74) is 1.07. The average molecular weight is 281 g/mol. The minimum absolute atomic E-state index is 0.173. The first-order valence-corrected chi connectivity index (χ1v) is 6.66. The van der Waals surface area contributed by atoms with Crippen molar-refractivity contribution in [3.8, 4) is 0 Å². The van der Waals surface area contributed by atoms with Gasteiger partial charge >= 0.3 is 0 Å². The number of aliphatic hydroxyl groups is 1. The third-order valence-electron chi connectivity index (χ3n) is 2.94. The Labute approximate surface area is 117 Å². The molecule has 1 atom stereocenters. The molecular formula is C14H17ClN2O2. The molecule has 0 aliphatic rings. The van der Waals surface area contributed by atoms with Crippen molar-refractivity contribution in [1.82, 2.24) is 10.1 Å². The minimum atomic E-state index is -0.455. The number of aromatic nitrogens is 2. The molecule has 1 unspecified atom stereocenters. The molecule has 5 heteroatoms. The molecule has 1 heterocycles. The van der Waals surface area contributed by atoms with E-state index in [0.29, 0.717) is 29.6 Å². The van der Waals surface area contributed by atoms with Crippen molar-refractivity contribution in [1.29, 1.82) is 0 Å². The van der Waals surface area contributed by atoms with E-state index in [1.807, 2.05) is 38.1 Å². The lowest BCUT2D eigenvalue weighted by Crippen LogP contribution is -2.17. The summed E-state index contributed by atoms with van der Waals surface area (Å²) in [5.74, 6) is 1.27. The van der Waals surface area contributed by atoms with Gasteiger partial charge < -0.3 is 9.63 Å². The molecular weight excluding hydrogens is 264 g/mol. The minimum Gasteiger partial charge on any atom is -0.392 e. The van der Waals surface area contributed by atoms with Crippen molar-refractivity contribution in [2.45, 2.75) is 32.8 Å². The normalized spacial score (nSPS) is 12.9. The molecule has 0 saturated carbocycles. The average Bonchev–Trinajstić information content (AvgIpc) is 2.79. The molecule has 0 bridgehead atoms. The summed E-state index contributed by atoms with van der Waals surface area (Å²) in [6, 6.07) is 7.53. The highest BCUT2D eigenvalue weighted by molar-refractivity contribution is 6.30. The van der Waals surface area contributed by atoms with Crippen LogP contribution in [0.3, 0.4) is 0 Å². The van der Waals surface area contributed by atoms with Gasteiger partial charge in [-0.1, -0.05) is 42.7 Å². The van der Waals surface area contributed by atoms with Crippen LogP contribution in [0.2, 0.25) is 5.02 Å². The second-order valence-electron chi connectivity index (χ2n) is 4.92. The Bertz CT molecular complexity index is 522. The molecule has 1 N–H and O–H groups in total. The molecule has 0 aliphatic heterocycles. The molecule has 0 amide bonds. The molecule has 0 radical (unpaired) electrons. The van der Waals surface area contributed by atoms with Crippen molar-refractivity contribution >= 4 is 11.6 Å². The smallest absolute Gasteiger partial charge is 0.229 e.